The van der Waals surface area contributed by atoms with E-state index < -0.39 is 52.9 Å². The van der Waals surface area contributed by atoms with Crippen molar-refractivity contribution in [1.82, 2.24) is 10.2 Å². The molecule has 0 fully saturated rings. The zero-order valence-electron chi connectivity index (χ0n) is 22.9. The normalized spacial score (nSPS) is 13.6. The largest absolute Gasteiger partial charge is 0.444 e. The summed E-state index contributed by atoms with van der Waals surface area (Å²) in [5.41, 5.74) is -4.79. The minimum absolute atomic E-state index is 0.0562. The molecule has 0 aliphatic rings. The molecular formula is C26H38F6N2O4. The SMILES string of the molecule is CCCC[C@@H](CN(CCc1cc(C(F)(F)F)cc(C(F)(F)F)c1)C(=O)OC(C)(C)C)NC(=O)OC(C)(C)C. The summed E-state index contributed by atoms with van der Waals surface area (Å²) >= 11 is 0. The minimum atomic E-state index is -4.98. The van der Waals surface area contributed by atoms with Gasteiger partial charge in [0.25, 0.3) is 0 Å². The van der Waals surface area contributed by atoms with E-state index in [0.29, 0.717) is 25.0 Å². The van der Waals surface area contributed by atoms with Gasteiger partial charge in [0, 0.05) is 19.1 Å². The van der Waals surface area contributed by atoms with E-state index in [0.717, 1.165) is 6.42 Å². The third-order valence-corrected chi connectivity index (χ3v) is 5.04. The lowest BCUT2D eigenvalue weighted by molar-refractivity contribution is -0.143. The molecule has 218 valence electrons. The fourth-order valence-electron chi connectivity index (χ4n) is 3.41. The highest BCUT2D eigenvalue weighted by Crippen LogP contribution is 2.36. The first-order chi connectivity index (χ1) is 17.1. The number of amides is 2. The number of carbonyl (C=O) groups excluding carboxylic acids is 2. The number of alkyl halides is 6. The zero-order valence-corrected chi connectivity index (χ0v) is 22.9. The molecule has 12 heteroatoms. The van der Waals surface area contributed by atoms with Crippen LogP contribution in [0.3, 0.4) is 0 Å². The average molecular weight is 557 g/mol. The van der Waals surface area contributed by atoms with Crippen molar-refractivity contribution >= 4 is 12.2 Å². The van der Waals surface area contributed by atoms with E-state index in [9.17, 15) is 35.9 Å². The number of rotatable bonds is 9. The van der Waals surface area contributed by atoms with Gasteiger partial charge in [0.15, 0.2) is 0 Å². The second-order valence-corrected chi connectivity index (χ2v) is 11.1. The van der Waals surface area contributed by atoms with Crippen molar-refractivity contribution < 1.29 is 45.4 Å². The number of hydrogen-bond donors (Lipinski definition) is 1. The van der Waals surface area contributed by atoms with E-state index in [1.165, 1.54) is 4.90 Å². The Labute approximate surface area is 220 Å². The Kier molecular flexibility index (Phi) is 11.4. The fraction of sp³-hybridized carbons (Fsp3) is 0.692. The first kappa shape index (κ1) is 33.4. The standard InChI is InChI=1S/C26H38F6N2O4/c1-8-9-10-20(33-21(35)37-23(2,3)4)16-34(22(36)38-24(5,6)7)12-11-17-13-18(25(27,28)29)15-19(14-17)26(30,31)32/h13-15,20H,8-12,16H2,1-7H3,(H,33,35)/t20-/m0/s1. The van der Waals surface area contributed by atoms with Gasteiger partial charge in [-0.3, -0.25) is 0 Å². The summed E-state index contributed by atoms with van der Waals surface area (Å²) < 4.78 is 90.4. The molecule has 1 aromatic carbocycles. The molecule has 1 atom stereocenters. The number of nitrogens with zero attached hydrogens (tertiary/aromatic N) is 1. The van der Waals surface area contributed by atoms with Gasteiger partial charge in [-0.2, -0.15) is 26.3 Å². The van der Waals surface area contributed by atoms with Crippen LogP contribution in [0.4, 0.5) is 35.9 Å². The molecular weight excluding hydrogens is 518 g/mol. The summed E-state index contributed by atoms with van der Waals surface area (Å²) in [6.07, 6.45) is -9.87. The highest BCUT2D eigenvalue weighted by atomic mass is 19.4. The van der Waals surface area contributed by atoms with Crippen LogP contribution in [0.25, 0.3) is 0 Å². The summed E-state index contributed by atoms with van der Waals surface area (Å²) in [4.78, 5) is 26.5. The Morgan fingerprint density at radius 3 is 1.79 bits per heavy atom. The van der Waals surface area contributed by atoms with Crippen LogP contribution in [0.1, 0.15) is 84.4 Å². The van der Waals surface area contributed by atoms with Crippen molar-refractivity contribution in [1.29, 1.82) is 0 Å². The Morgan fingerprint density at radius 2 is 1.37 bits per heavy atom. The Morgan fingerprint density at radius 1 is 0.868 bits per heavy atom. The van der Waals surface area contributed by atoms with Crippen molar-refractivity contribution in [3.63, 3.8) is 0 Å². The lowest BCUT2D eigenvalue weighted by Gasteiger charge is -2.31. The molecule has 0 saturated heterocycles. The van der Waals surface area contributed by atoms with E-state index in [-0.39, 0.29) is 31.1 Å². The molecule has 2 amide bonds. The van der Waals surface area contributed by atoms with Crippen LogP contribution in [0.15, 0.2) is 18.2 Å². The van der Waals surface area contributed by atoms with Crippen LogP contribution in [0.2, 0.25) is 0 Å². The number of hydrogen-bond acceptors (Lipinski definition) is 4. The lowest BCUT2D eigenvalue weighted by Crippen LogP contribution is -2.48. The predicted octanol–water partition coefficient (Wildman–Crippen LogP) is 7.59. The van der Waals surface area contributed by atoms with Gasteiger partial charge in [0.05, 0.1) is 11.1 Å². The van der Waals surface area contributed by atoms with E-state index >= 15 is 0 Å². The molecule has 0 aliphatic heterocycles. The molecule has 0 aliphatic carbocycles. The lowest BCUT2D eigenvalue weighted by atomic mass is 10.0. The molecule has 0 heterocycles. The summed E-state index contributed by atoms with van der Waals surface area (Å²) in [7, 11) is 0. The van der Waals surface area contributed by atoms with Gasteiger partial charge in [-0.1, -0.05) is 19.8 Å². The van der Waals surface area contributed by atoms with E-state index in [4.69, 9.17) is 9.47 Å². The number of ether oxygens (including phenoxy) is 2. The van der Waals surface area contributed by atoms with Gasteiger partial charge >= 0.3 is 24.5 Å². The van der Waals surface area contributed by atoms with Gasteiger partial charge in [-0.05, 0) is 78.1 Å². The molecule has 1 aromatic rings. The second-order valence-electron chi connectivity index (χ2n) is 11.1. The zero-order chi connectivity index (χ0) is 29.5. The van der Waals surface area contributed by atoms with Crippen LogP contribution in [0, 0.1) is 0 Å². The minimum Gasteiger partial charge on any atom is -0.444 e. The molecule has 1 N–H and O–H groups in total. The highest BCUT2D eigenvalue weighted by molar-refractivity contribution is 5.69. The van der Waals surface area contributed by atoms with Crippen molar-refractivity contribution in [3.05, 3.63) is 34.9 Å². The van der Waals surface area contributed by atoms with E-state index in [1.54, 1.807) is 41.5 Å². The molecule has 0 saturated carbocycles. The molecule has 0 bridgehead atoms. The Hall–Kier alpha value is -2.66. The van der Waals surface area contributed by atoms with Gasteiger partial charge < -0.3 is 19.7 Å². The summed E-state index contributed by atoms with van der Waals surface area (Å²) in [6, 6.07) is 0.733. The summed E-state index contributed by atoms with van der Waals surface area (Å²) in [5, 5.41) is 2.70. The second kappa shape index (κ2) is 12.9. The van der Waals surface area contributed by atoms with Gasteiger partial charge in [-0.25, -0.2) is 9.59 Å². The third-order valence-electron chi connectivity index (χ3n) is 5.04. The molecule has 38 heavy (non-hydrogen) atoms. The van der Waals surface area contributed by atoms with Crippen molar-refractivity contribution in [2.45, 2.75) is 104 Å². The van der Waals surface area contributed by atoms with E-state index in [1.807, 2.05) is 6.92 Å². The number of benzene rings is 1. The molecule has 1 rings (SSSR count). The smallest absolute Gasteiger partial charge is 0.416 e. The Bertz CT molecular complexity index is 901. The van der Waals surface area contributed by atoms with Gasteiger partial charge in [-0.15, -0.1) is 0 Å². The highest BCUT2D eigenvalue weighted by Gasteiger charge is 2.37. The van der Waals surface area contributed by atoms with Crippen LogP contribution in [-0.2, 0) is 28.2 Å². The van der Waals surface area contributed by atoms with E-state index in [2.05, 4.69) is 5.32 Å². The topological polar surface area (TPSA) is 67.9 Å². The number of unbranched alkanes of at least 4 members (excludes halogenated alkanes) is 1. The molecule has 0 unspecified atom stereocenters. The fourth-order valence-corrected chi connectivity index (χ4v) is 3.41. The maximum Gasteiger partial charge on any atom is 0.416 e. The van der Waals surface area contributed by atoms with Gasteiger partial charge in [0.2, 0.25) is 0 Å². The van der Waals surface area contributed by atoms with Crippen LogP contribution in [0.5, 0.6) is 0 Å². The van der Waals surface area contributed by atoms with Crippen LogP contribution < -0.4 is 5.32 Å². The summed E-state index contributed by atoms with van der Waals surface area (Å²) in [5.74, 6) is 0. The number of alkyl carbamates (subject to hydrolysis) is 1. The van der Waals surface area contributed by atoms with Crippen molar-refractivity contribution in [2.75, 3.05) is 13.1 Å². The number of halogens is 6. The number of nitrogens with one attached hydrogen (secondary N) is 1. The monoisotopic (exact) mass is 556 g/mol. The maximum absolute atomic E-state index is 13.3. The van der Waals surface area contributed by atoms with Crippen LogP contribution >= 0.6 is 0 Å². The summed E-state index contributed by atoms with van der Waals surface area (Å²) in [6.45, 7) is 11.5. The first-order valence-corrected chi connectivity index (χ1v) is 12.4. The average Bonchev–Trinajstić information content (AvgIpc) is 2.70. The molecule has 0 radical (unpaired) electrons. The Balaban J connectivity index is 3.26. The predicted molar refractivity (Wildman–Crippen MR) is 131 cm³/mol. The van der Waals surface area contributed by atoms with Crippen molar-refractivity contribution in [3.8, 4) is 0 Å². The van der Waals surface area contributed by atoms with Gasteiger partial charge in [0.1, 0.15) is 11.2 Å². The molecule has 0 aromatic heterocycles. The number of carbonyl (C=O) groups is 2. The maximum atomic E-state index is 13.3. The third kappa shape index (κ3) is 12.7. The molecule has 6 nitrogen and oxygen atoms in total. The molecule has 0 spiro atoms. The van der Waals surface area contributed by atoms with Crippen LogP contribution in [-0.4, -0.2) is 47.4 Å². The quantitative estimate of drug-likeness (QED) is 0.318. The van der Waals surface area contributed by atoms with Crippen molar-refractivity contribution in [2.24, 2.45) is 0 Å². The first-order valence-electron chi connectivity index (χ1n) is 12.4.